The third kappa shape index (κ3) is 4.25. The van der Waals surface area contributed by atoms with E-state index in [1.54, 1.807) is 31.2 Å². The number of ketones is 3. The minimum atomic E-state index is -3.35. The number of Topliss-reactive ketones (excluding diaryl/α,β-unsaturated/α-hetero) is 3. The number of hydrogen-bond donors (Lipinski definition) is 1. The van der Waals surface area contributed by atoms with E-state index in [4.69, 9.17) is 0 Å². The van der Waals surface area contributed by atoms with Crippen LogP contribution in [0.2, 0.25) is 0 Å². The Morgan fingerprint density at radius 2 is 1.65 bits per heavy atom. The van der Waals surface area contributed by atoms with E-state index in [2.05, 4.69) is 4.72 Å². The van der Waals surface area contributed by atoms with E-state index in [1.165, 1.54) is 0 Å². The van der Waals surface area contributed by atoms with Crippen molar-refractivity contribution in [3.8, 4) is 0 Å². The highest BCUT2D eigenvalue weighted by Crippen LogP contribution is 2.33. The molecule has 0 amide bonds. The van der Waals surface area contributed by atoms with Crippen molar-refractivity contribution >= 4 is 33.1 Å². The van der Waals surface area contributed by atoms with Crippen LogP contribution in [0.1, 0.15) is 37.7 Å². The van der Waals surface area contributed by atoms with Crippen LogP contribution in [0.3, 0.4) is 0 Å². The molecular formula is C16H19NO5S. The number of sulfonamides is 1. The molecule has 1 aromatic rings. The van der Waals surface area contributed by atoms with Gasteiger partial charge in [0.15, 0.2) is 17.3 Å². The van der Waals surface area contributed by atoms with E-state index in [9.17, 15) is 22.8 Å². The normalized spacial score (nSPS) is 22.0. The first kappa shape index (κ1) is 17.3. The topological polar surface area (TPSA) is 97.4 Å². The molecule has 7 heteroatoms. The maximum absolute atomic E-state index is 12.1. The van der Waals surface area contributed by atoms with Crippen molar-refractivity contribution in [3.05, 3.63) is 29.8 Å². The lowest BCUT2D eigenvalue weighted by atomic mass is 9.75. The van der Waals surface area contributed by atoms with Crippen LogP contribution in [0, 0.1) is 5.92 Å². The van der Waals surface area contributed by atoms with Crippen LogP contribution in [0.4, 0.5) is 5.69 Å². The first-order chi connectivity index (χ1) is 10.7. The molecule has 0 saturated heterocycles. The van der Waals surface area contributed by atoms with Gasteiger partial charge >= 0.3 is 0 Å². The maximum Gasteiger partial charge on any atom is 0.229 e. The Balaban J connectivity index is 2.13. The molecule has 23 heavy (non-hydrogen) atoms. The SMILES string of the molecule is CCC(=O)C1C(=O)CC(c2ccc(NS(C)(=O)=O)cc2)CC1=O. The summed E-state index contributed by atoms with van der Waals surface area (Å²) in [5.41, 5.74) is 1.21. The predicted molar refractivity (Wildman–Crippen MR) is 85.7 cm³/mol. The standard InChI is InChI=1S/C16H19NO5S/c1-3-13(18)16-14(19)8-11(9-15(16)20)10-4-6-12(7-5-10)17-23(2,21)22/h4-7,11,16-17H,3,8-9H2,1-2H3. The Hall–Kier alpha value is -2.02. The van der Waals surface area contributed by atoms with Crippen LogP contribution >= 0.6 is 0 Å². The quantitative estimate of drug-likeness (QED) is 0.824. The van der Waals surface area contributed by atoms with Gasteiger partial charge in [-0.15, -0.1) is 0 Å². The minimum absolute atomic E-state index is 0.154. The van der Waals surface area contributed by atoms with Gasteiger partial charge in [0.25, 0.3) is 0 Å². The van der Waals surface area contributed by atoms with Gasteiger partial charge in [-0.3, -0.25) is 19.1 Å². The Bertz CT molecular complexity index is 718. The van der Waals surface area contributed by atoms with Crippen molar-refractivity contribution < 1.29 is 22.8 Å². The second-order valence-electron chi connectivity index (χ2n) is 5.79. The Kier molecular flexibility index (Phi) is 4.99. The molecule has 0 heterocycles. The van der Waals surface area contributed by atoms with Gasteiger partial charge in [-0.2, -0.15) is 0 Å². The van der Waals surface area contributed by atoms with Gasteiger partial charge in [0.2, 0.25) is 10.0 Å². The van der Waals surface area contributed by atoms with E-state index in [0.29, 0.717) is 5.69 Å². The number of hydrogen-bond acceptors (Lipinski definition) is 5. The average molecular weight is 337 g/mol. The van der Waals surface area contributed by atoms with Crippen LogP contribution in [0.25, 0.3) is 0 Å². The number of nitrogens with one attached hydrogen (secondary N) is 1. The monoisotopic (exact) mass is 337 g/mol. The predicted octanol–water partition coefficient (Wildman–Crippen LogP) is 1.67. The zero-order valence-electron chi connectivity index (χ0n) is 13.0. The lowest BCUT2D eigenvalue weighted by Crippen LogP contribution is -2.37. The van der Waals surface area contributed by atoms with E-state index in [0.717, 1.165) is 11.8 Å². The summed E-state index contributed by atoms with van der Waals surface area (Å²) in [6.07, 6.45) is 1.55. The van der Waals surface area contributed by atoms with E-state index >= 15 is 0 Å². The molecule has 1 fully saturated rings. The van der Waals surface area contributed by atoms with E-state index in [1.807, 2.05) is 0 Å². The highest BCUT2D eigenvalue weighted by Gasteiger charge is 2.39. The van der Waals surface area contributed by atoms with Crippen molar-refractivity contribution in [1.29, 1.82) is 0 Å². The summed E-state index contributed by atoms with van der Waals surface area (Å²) in [4.78, 5) is 35.9. The molecule has 0 aliphatic heterocycles. The molecule has 6 nitrogen and oxygen atoms in total. The second-order valence-corrected chi connectivity index (χ2v) is 7.54. The van der Waals surface area contributed by atoms with Gasteiger partial charge in [0.05, 0.1) is 6.26 Å². The summed E-state index contributed by atoms with van der Waals surface area (Å²) in [5, 5.41) is 0. The molecule has 0 aromatic heterocycles. The fourth-order valence-electron chi connectivity index (χ4n) is 2.81. The molecule has 1 aliphatic carbocycles. The zero-order chi connectivity index (χ0) is 17.2. The molecule has 0 atom stereocenters. The molecule has 0 bridgehead atoms. The van der Waals surface area contributed by atoms with E-state index < -0.39 is 15.9 Å². The number of anilines is 1. The zero-order valence-corrected chi connectivity index (χ0v) is 13.9. The maximum atomic E-state index is 12.1. The molecular weight excluding hydrogens is 318 g/mol. The summed E-state index contributed by atoms with van der Waals surface area (Å²) in [6.45, 7) is 1.64. The molecule has 0 spiro atoms. The van der Waals surface area contributed by atoms with Crippen molar-refractivity contribution in [2.45, 2.75) is 32.1 Å². The van der Waals surface area contributed by atoms with Crippen molar-refractivity contribution in [2.24, 2.45) is 5.92 Å². The summed E-state index contributed by atoms with van der Waals surface area (Å²) in [6, 6.07) is 6.57. The lowest BCUT2D eigenvalue weighted by molar-refractivity contribution is -0.142. The summed E-state index contributed by atoms with van der Waals surface area (Å²) in [7, 11) is -3.35. The number of rotatable bonds is 5. The largest absolute Gasteiger partial charge is 0.298 e. The van der Waals surface area contributed by atoms with Gasteiger partial charge in [-0.1, -0.05) is 19.1 Å². The minimum Gasteiger partial charge on any atom is -0.298 e. The summed E-state index contributed by atoms with van der Waals surface area (Å²) < 4.78 is 24.7. The fraction of sp³-hybridized carbons (Fsp3) is 0.438. The van der Waals surface area contributed by atoms with Crippen LogP contribution in [0.5, 0.6) is 0 Å². The van der Waals surface area contributed by atoms with Gasteiger partial charge in [0.1, 0.15) is 5.92 Å². The summed E-state index contributed by atoms with van der Waals surface area (Å²) >= 11 is 0. The van der Waals surface area contributed by atoms with E-state index in [-0.39, 0.29) is 42.5 Å². The first-order valence-corrected chi connectivity index (χ1v) is 9.26. The first-order valence-electron chi connectivity index (χ1n) is 7.37. The number of benzene rings is 1. The third-order valence-corrected chi connectivity index (χ3v) is 4.50. The van der Waals surface area contributed by atoms with Crippen LogP contribution in [0.15, 0.2) is 24.3 Å². The Labute approximate surface area is 135 Å². The van der Waals surface area contributed by atoms with Gasteiger partial charge < -0.3 is 0 Å². The van der Waals surface area contributed by atoms with Gasteiger partial charge in [-0.05, 0) is 23.6 Å². The second kappa shape index (κ2) is 6.62. The van der Waals surface area contributed by atoms with Crippen LogP contribution in [-0.2, 0) is 24.4 Å². The average Bonchev–Trinajstić information content (AvgIpc) is 2.45. The van der Waals surface area contributed by atoms with Crippen LogP contribution < -0.4 is 4.72 Å². The molecule has 1 aromatic carbocycles. The van der Waals surface area contributed by atoms with Gasteiger partial charge in [-0.25, -0.2) is 8.42 Å². The molecule has 1 aliphatic rings. The highest BCUT2D eigenvalue weighted by atomic mass is 32.2. The van der Waals surface area contributed by atoms with Crippen LogP contribution in [-0.4, -0.2) is 32.0 Å². The molecule has 0 unspecified atom stereocenters. The number of carbonyl (C=O) groups excluding carboxylic acids is 3. The highest BCUT2D eigenvalue weighted by molar-refractivity contribution is 7.92. The molecule has 124 valence electrons. The smallest absolute Gasteiger partial charge is 0.229 e. The molecule has 1 N–H and O–H groups in total. The Morgan fingerprint density at radius 1 is 1.13 bits per heavy atom. The molecule has 1 saturated carbocycles. The third-order valence-electron chi connectivity index (χ3n) is 3.89. The van der Waals surface area contributed by atoms with Crippen molar-refractivity contribution in [3.63, 3.8) is 0 Å². The van der Waals surface area contributed by atoms with Crippen molar-refractivity contribution in [2.75, 3.05) is 11.0 Å². The molecule has 0 radical (unpaired) electrons. The number of carbonyl (C=O) groups is 3. The Morgan fingerprint density at radius 3 is 2.09 bits per heavy atom. The summed E-state index contributed by atoms with van der Waals surface area (Å²) in [5.74, 6) is -2.32. The van der Waals surface area contributed by atoms with Gasteiger partial charge in [0, 0.05) is 24.9 Å². The van der Waals surface area contributed by atoms with Crippen molar-refractivity contribution in [1.82, 2.24) is 0 Å². The fourth-order valence-corrected chi connectivity index (χ4v) is 3.37. The molecule has 2 rings (SSSR count). The lowest BCUT2D eigenvalue weighted by Gasteiger charge is -2.25.